The van der Waals surface area contributed by atoms with Crippen molar-refractivity contribution < 1.29 is 0 Å². The van der Waals surface area contributed by atoms with Crippen LogP contribution in [-0.4, -0.2) is 25.4 Å². The molecular formula is C20H19N3O2S. The van der Waals surface area contributed by atoms with E-state index in [4.69, 9.17) is 0 Å². The summed E-state index contributed by atoms with van der Waals surface area (Å²) in [6, 6.07) is 10.0. The minimum Gasteiger partial charge on any atom is -0.245 e. The molecule has 6 heteroatoms. The lowest BCUT2D eigenvalue weighted by molar-refractivity contribution is -0.00192. The van der Waals surface area contributed by atoms with Crippen LogP contribution in [0.5, 0.6) is 0 Å². The first-order valence-electron chi connectivity index (χ1n) is 9.84. The van der Waals surface area contributed by atoms with E-state index >= 15 is 0 Å². The molecule has 7 aliphatic rings. The zero-order valence-corrected chi connectivity index (χ0v) is 15.1. The number of hydrogen-bond acceptors (Lipinski definition) is 3. The van der Waals surface area contributed by atoms with E-state index in [1.165, 1.54) is 28.9 Å². The molecule has 5 fully saturated rings. The lowest BCUT2D eigenvalue weighted by Crippen LogP contribution is -2.52. The van der Waals surface area contributed by atoms with Gasteiger partial charge in [-0.15, -0.1) is 0 Å². The Labute approximate surface area is 154 Å². The van der Waals surface area contributed by atoms with Crippen molar-refractivity contribution in [3.63, 3.8) is 0 Å². The van der Waals surface area contributed by atoms with Gasteiger partial charge >= 0.3 is 11.4 Å². The van der Waals surface area contributed by atoms with E-state index in [1.54, 1.807) is 0 Å². The van der Waals surface area contributed by atoms with Gasteiger partial charge in [0.2, 0.25) is 0 Å². The second-order valence-corrected chi connectivity index (χ2v) is 10.4. The molecule has 1 aromatic carbocycles. The van der Waals surface area contributed by atoms with Crippen LogP contribution in [0.4, 0.5) is 0 Å². The molecule has 4 aliphatic carbocycles. The van der Waals surface area contributed by atoms with Crippen molar-refractivity contribution in [1.82, 2.24) is 13.9 Å². The first-order chi connectivity index (χ1) is 12.7. The Kier molecular flexibility index (Phi) is 1.90. The zero-order chi connectivity index (χ0) is 17.0. The lowest BCUT2D eigenvalue weighted by Gasteiger charge is -2.47. The van der Waals surface area contributed by atoms with Crippen molar-refractivity contribution >= 4 is 11.8 Å². The topological polar surface area (TPSA) is 48.9 Å². The van der Waals surface area contributed by atoms with Gasteiger partial charge in [0.15, 0.2) is 0 Å². The summed E-state index contributed by atoms with van der Waals surface area (Å²) in [6.07, 6.45) is 2.50. The standard InChI is InChI=1S/C20H19N3O2S/c24-17-21(10-4-2-1-3-5-10)18(25)23-16-13-11-12(13)15(22(17)23)19-6-8-26-9-7-20(16,19)14(11)19/h1-5,11-16H,6-9H2/t11?,12-,13-,14?,15-,16-,19+,20+/m0/s1. The molecule has 4 saturated carbocycles. The second kappa shape index (κ2) is 3.66. The molecular weight excluding hydrogens is 346 g/mol. The minimum atomic E-state index is -0.104. The van der Waals surface area contributed by atoms with Crippen LogP contribution in [0.1, 0.15) is 24.9 Å². The van der Waals surface area contributed by atoms with Gasteiger partial charge in [-0.1, -0.05) is 18.2 Å². The lowest BCUT2D eigenvalue weighted by atomic mass is 9.69. The molecule has 5 nitrogen and oxygen atoms in total. The number of hydrogen-bond donors (Lipinski definition) is 0. The molecule has 2 aromatic rings. The predicted molar refractivity (Wildman–Crippen MR) is 97.7 cm³/mol. The van der Waals surface area contributed by atoms with Crippen molar-refractivity contribution in [1.29, 1.82) is 0 Å². The number of thioether (sulfide) groups is 1. The molecule has 3 aliphatic heterocycles. The largest absolute Gasteiger partial charge is 0.352 e. The average Bonchev–Trinajstić information content (AvgIpc) is 3.42. The molecule has 0 N–H and O–H groups in total. The highest BCUT2D eigenvalue weighted by Crippen LogP contribution is 3.04. The van der Waals surface area contributed by atoms with E-state index in [2.05, 4.69) is 11.8 Å². The number of benzene rings is 1. The highest BCUT2D eigenvalue weighted by Gasteiger charge is 3.02. The first kappa shape index (κ1) is 13.5. The molecule has 1 saturated heterocycles. The Hall–Kier alpha value is -1.69. The van der Waals surface area contributed by atoms with Crippen LogP contribution in [0.25, 0.3) is 5.69 Å². The third-order valence-corrected chi connectivity index (χ3v) is 10.1. The quantitative estimate of drug-likeness (QED) is 0.776. The summed E-state index contributed by atoms with van der Waals surface area (Å²) in [7, 11) is 0. The summed E-state index contributed by atoms with van der Waals surface area (Å²) in [5.74, 6) is 5.42. The molecule has 132 valence electrons. The Balaban J connectivity index is 1.45. The molecule has 4 heterocycles. The van der Waals surface area contributed by atoms with Gasteiger partial charge in [0.1, 0.15) is 0 Å². The summed E-state index contributed by atoms with van der Waals surface area (Å²) < 4.78 is 5.29. The van der Waals surface area contributed by atoms with Gasteiger partial charge in [-0.3, -0.25) is 0 Å². The van der Waals surface area contributed by atoms with Crippen LogP contribution in [0.15, 0.2) is 39.9 Å². The van der Waals surface area contributed by atoms with Gasteiger partial charge in [-0.05, 0) is 60.2 Å². The number of para-hydroxylation sites is 1. The summed E-state index contributed by atoms with van der Waals surface area (Å²) in [4.78, 5) is 26.8. The molecule has 26 heavy (non-hydrogen) atoms. The molecule has 2 bridgehead atoms. The Morgan fingerprint density at radius 1 is 0.846 bits per heavy atom. The normalized spacial score (nSPS) is 50.2. The molecule has 1 aromatic heterocycles. The SMILES string of the molecule is O=c1n(-c2ccccc2)c(=O)n2n1[C@H]1[C@H]3C4C5[C@]16CCSCC[C@]56[C@@H]2[C@@H]43. The first-order valence-corrected chi connectivity index (χ1v) is 11.0. The Bertz CT molecular complexity index is 1070. The van der Waals surface area contributed by atoms with Crippen molar-refractivity contribution in [3.8, 4) is 5.69 Å². The van der Waals surface area contributed by atoms with Gasteiger partial charge in [-0.25, -0.2) is 23.5 Å². The molecule has 0 unspecified atom stereocenters. The van der Waals surface area contributed by atoms with Crippen LogP contribution < -0.4 is 11.4 Å². The monoisotopic (exact) mass is 365 g/mol. The van der Waals surface area contributed by atoms with Gasteiger partial charge in [0.05, 0.1) is 17.8 Å². The summed E-state index contributed by atoms with van der Waals surface area (Å²) in [5.41, 5.74) is 1.17. The maximum Gasteiger partial charge on any atom is 0.352 e. The maximum atomic E-state index is 13.4. The fourth-order valence-corrected chi connectivity index (χ4v) is 10.0. The number of rotatable bonds is 1. The van der Waals surface area contributed by atoms with Crippen LogP contribution in [0, 0.1) is 34.5 Å². The molecule has 0 radical (unpaired) electrons. The second-order valence-electron chi connectivity index (χ2n) is 9.22. The molecule has 9 rings (SSSR count). The van der Waals surface area contributed by atoms with Crippen LogP contribution in [0.2, 0.25) is 0 Å². The van der Waals surface area contributed by atoms with Crippen molar-refractivity contribution in [2.45, 2.75) is 24.9 Å². The number of aromatic nitrogens is 3. The molecule has 6 atom stereocenters. The van der Waals surface area contributed by atoms with Crippen LogP contribution in [-0.2, 0) is 0 Å². The van der Waals surface area contributed by atoms with Gasteiger partial charge in [-0.2, -0.15) is 11.8 Å². The summed E-state index contributed by atoms with van der Waals surface area (Å²) in [5, 5.41) is 0. The van der Waals surface area contributed by atoms with E-state index in [0.29, 0.717) is 28.4 Å². The van der Waals surface area contributed by atoms with Crippen LogP contribution >= 0.6 is 11.8 Å². The van der Waals surface area contributed by atoms with E-state index in [9.17, 15) is 9.59 Å². The third kappa shape index (κ3) is 0.987. The van der Waals surface area contributed by atoms with Crippen LogP contribution in [0.3, 0.4) is 0 Å². The summed E-state index contributed by atoms with van der Waals surface area (Å²) >= 11 is 2.08. The number of nitrogens with zero attached hydrogens (tertiary/aromatic N) is 3. The predicted octanol–water partition coefficient (Wildman–Crippen LogP) is 1.92. The molecule has 0 amide bonds. The minimum absolute atomic E-state index is 0.104. The fourth-order valence-electron chi connectivity index (χ4n) is 8.84. The Morgan fingerprint density at radius 2 is 1.42 bits per heavy atom. The van der Waals surface area contributed by atoms with Crippen molar-refractivity contribution in [2.24, 2.45) is 34.5 Å². The fraction of sp³-hybridized carbons (Fsp3) is 0.600. The van der Waals surface area contributed by atoms with E-state index in [0.717, 1.165) is 11.8 Å². The average molecular weight is 365 g/mol. The van der Waals surface area contributed by atoms with E-state index < -0.39 is 0 Å². The van der Waals surface area contributed by atoms with Gasteiger partial charge in [0.25, 0.3) is 0 Å². The molecule has 2 spiro atoms. The maximum absolute atomic E-state index is 13.4. The highest BCUT2D eigenvalue weighted by atomic mass is 32.2. The third-order valence-electron chi connectivity index (χ3n) is 9.12. The van der Waals surface area contributed by atoms with E-state index in [-0.39, 0.29) is 23.5 Å². The smallest absolute Gasteiger partial charge is 0.245 e. The summed E-state index contributed by atoms with van der Waals surface area (Å²) in [6.45, 7) is 0. The van der Waals surface area contributed by atoms with Crippen molar-refractivity contribution in [3.05, 3.63) is 51.3 Å². The van der Waals surface area contributed by atoms with Crippen molar-refractivity contribution in [2.75, 3.05) is 11.5 Å². The van der Waals surface area contributed by atoms with E-state index in [1.807, 2.05) is 39.7 Å². The highest BCUT2D eigenvalue weighted by molar-refractivity contribution is 7.99. The van der Waals surface area contributed by atoms with Gasteiger partial charge < -0.3 is 0 Å². The Morgan fingerprint density at radius 3 is 2.00 bits per heavy atom. The zero-order valence-electron chi connectivity index (χ0n) is 14.2. The van der Waals surface area contributed by atoms with Gasteiger partial charge in [0, 0.05) is 10.8 Å².